The second-order valence-electron chi connectivity index (χ2n) is 5.49. The Labute approximate surface area is 78.6 Å². The third kappa shape index (κ3) is 0.861. The van der Waals surface area contributed by atoms with Crippen molar-refractivity contribution in [1.82, 2.24) is 0 Å². The van der Waals surface area contributed by atoms with E-state index in [-0.39, 0.29) is 5.60 Å². The molecule has 4 aliphatic rings. The highest BCUT2D eigenvalue weighted by atomic mass is 16.6. The average molecular weight is 180 g/mol. The Hall–Kier alpha value is -0.0800. The van der Waals surface area contributed by atoms with Crippen molar-refractivity contribution in [2.24, 2.45) is 11.8 Å². The zero-order chi connectivity index (χ0) is 8.63. The molecule has 0 spiro atoms. The van der Waals surface area contributed by atoms with Crippen molar-refractivity contribution >= 4 is 0 Å². The Kier molecular flexibility index (Phi) is 1.09. The van der Waals surface area contributed by atoms with Gasteiger partial charge in [-0.15, -0.1) is 0 Å². The molecule has 2 nitrogen and oxygen atoms in total. The van der Waals surface area contributed by atoms with Crippen LogP contribution in [0, 0.1) is 11.8 Å². The number of epoxide rings is 1. The van der Waals surface area contributed by atoms with Crippen molar-refractivity contribution in [3.05, 3.63) is 0 Å². The van der Waals surface area contributed by atoms with Gasteiger partial charge in [-0.3, -0.25) is 0 Å². The fraction of sp³-hybridized carbons (Fsp3) is 1.00. The molecule has 0 radical (unpaired) electrons. The summed E-state index contributed by atoms with van der Waals surface area (Å²) >= 11 is 0. The van der Waals surface area contributed by atoms with Crippen LogP contribution in [0.4, 0.5) is 0 Å². The summed E-state index contributed by atoms with van der Waals surface area (Å²) in [6.45, 7) is 2.28. The fourth-order valence-electron chi connectivity index (χ4n) is 3.53. The highest BCUT2D eigenvalue weighted by molar-refractivity contribution is 5.11. The minimum atomic E-state index is 0.289. The molecule has 4 rings (SSSR count). The molecule has 13 heavy (non-hydrogen) atoms. The number of rotatable bonds is 1. The lowest BCUT2D eigenvalue weighted by atomic mass is 9.96. The van der Waals surface area contributed by atoms with E-state index in [2.05, 4.69) is 6.92 Å². The number of ether oxygens (including phenoxy) is 2. The molecule has 0 bridgehead atoms. The van der Waals surface area contributed by atoms with Crippen molar-refractivity contribution in [3.63, 3.8) is 0 Å². The van der Waals surface area contributed by atoms with Crippen molar-refractivity contribution in [1.29, 1.82) is 0 Å². The lowest BCUT2D eigenvalue weighted by molar-refractivity contribution is -0.0253. The van der Waals surface area contributed by atoms with E-state index < -0.39 is 0 Å². The molecule has 2 aliphatic heterocycles. The van der Waals surface area contributed by atoms with Gasteiger partial charge in [0, 0.05) is 5.92 Å². The Morgan fingerprint density at radius 2 is 2.15 bits per heavy atom. The summed E-state index contributed by atoms with van der Waals surface area (Å²) in [4.78, 5) is 0. The Morgan fingerprint density at radius 1 is 1.23 bits per heavy atom. The molecule has 2 heteroatoms. The van der Waals surface area contributed by atoms with Gasteiger partial charge in [-0.2, -0.15) is 0 Å². The molecule has 0 aromatic rings. The summed E-state index contributed by atoms with van der Waals surface area (Å²) < 4.78 is 11.7. The Bertz CT molecular complexity index is 265. The third-order valence-corrected chi connectivity index (χ3v) is 4.60. The van der Waals surface area contributed by atoms with Crippen molar-refractivity contribution in [2.75, 3.05) is 0 Å². The van der Waals surface area contributed by atoms with E-state index in [1.807, 2.05) is 0 Å². The van der Waals surface area contributed by atoms with E-state index in [4.69, 9.17) is 9.47 Å². The van der Waals surface area contributed by atoms with E-state index in [0.717, 1.165) is 11.8 Å². The molecule has 6 unspecified atom stereocenters. The van der Waals surface area contributed by atoms with E-state index in [9.17, 15) is 0 Å². The topological polar surface area (TPSA) is 21.8 Å². The monoisotopic (exact) mass is 180 g/mol. The molecular formula is C11H16O2. The maximum absolute atomic E-state index is 6.12. The van der Waals surface area contributed by atoms with Crippen LogP contribution in [0.3, 0.4) is 0 Å². The minimum absolute atomic E-state index is 0.289. The summed E-state index contributed by atoms with van der Waals surface area (Å²) in [7, 11) is 0. The van der Waals surface area contributed by atoms with Gasteiger partial charge < -0.3 is 9.47 Å². The van der Waals surface area contributed by atoms with Gasteiger partial charge in [-0.1, -0.05) is 0 Å². The van der Waals surface area contributed by atoms with Gasteiger partial charge in [0.05, 0.1) is 23.9 Å². The van der Waals surface area contributed by atoms with Gasteiger partial charge in [0.1, 0.15) is 0 Å². The third-order valence-electron chi connectivity index (χ3n) is 4.60. The Balaban J connectivity index is 1.51. The predicted molar refractivity (Wildman–Crippen MR) is 47.4 cm³/mol. The van der Waals surface area contributed by atoms with Crippen molar-refractivity contribution < 1.29 is 9.47 Å². The second-order valence-corrected chi connectivity index (χ2v) is 5.49. The number of hydrogen-bond acceptors (Lipinski definition) is 2. The number of fused-ring (bicyclic) bond motifs is 2. The van der Waals surface area contributed by atoms with E-state index in [1.165, 1.54) is 25.7 Å². The summed E-state index contributed by atoms with van der Waals surface area (Å²) in [5, 5.41) is 0. The van der Waals surface area contributed by atoms with Crippen LogP contribution in [-0.2, 0) is 9.47 Å². The summed E-state index contributed by atoms with van der Waals surface area (Å²) in [6, 6.07) is 0. The van der Waals surface area contributed by atoms with Gasteiger partial charge in [-0.25, -0.2) is 0 Å². The highest BCUT2D eigenvalue weighted by Crippen LogP contribution is 2.59. The van der Waals surface area contributed by atoms with Gasteiger partial charge in [0.2, 0.25) is 0 Å². The minimum Gasteiger partial charge on any atom is -0.371 e. The lowest BCUT2D eigenvalue weighted by Gasteiger charge is -2.22. The van der Waals surface area contributed by atoms with Crippen LogP contribution in [-0.4, -0.2) is 23.9 Å². The van der Waals surface area contributed by atoms with E-state index in [0.29, 0.717) is 18.3 Å². The smallest absolute Gasteiger partial charge is 0.0894 e. The first-order valence-electron chi connectivity index (χ1n) is 5.59. The molecule has 6 atom stereocenters. The molecule has 2 aliphatic carbocycles. The average Bonchev–Trinajstić information content (AvgIpc) is 2.91. The van der Waals surface area contributed by atoms with E-state index >= 15 is 0 Å². The van der Waals surface area contributed by atoms with Crippen LogP contribution >= 0.6 is 0 Å². The molecule has 72 valence electrons. The lowest BCUT2D eigenvalue weighted by Crippen LogP contribution is -2.26. The van der Waals surface area contributed by atoms with Crippen LogP contribution in [0.15, 0.2) is 0 Å². The van der Waals surface area contributed by atoms with Crippen LogP contribution in [0.5, 0.6) is 0 Å². The van der Waals surface area contributed by atoms with Crippen molar-refractivity contribution in [3.8, 4) is 0 Å². The standard InChI is InChI=1S/C11H16O2/c1-11-5-6(11)4-9(13-11)7-2-3-8-10(7)12-8/h6-10H,2-5H2,1H3. The van der Waals surface area contributed by atoms with Crippen LogP contribution < -0.4 is 0 Å². The Morgan fingerprint density at radius 3 is 2.69 bits per heavy atom. The van der Waals surface area contributed by atoms with Crippen LogP contribution in [0.2, 0.25) is 0 Å². The normalized spacial score (nSPS) is 67.6. The first-order valence-corrected chi connectivity index (χ1v) is 5.59. The molecule has 2 saturated carbocycles. The van der Waals surface area contributed by atoms with Gasteiger partial charge in [0.25, 0.3) is 0 Å². The quantitative estimate of drug-likeness (QED) is 0.573. The predicted octanol–water partition coefficient (Wildman–Crippen LogP) is 1.73. The molecule has 0 N–H and O–H groups in total. The van der Waals surface area contributed by atoms with Crippen LogP contribution in [0.1, 0.15) is 32.6 Å². The molecule has 2 heterocycles. The second kappa shape index (κ2) is 1.96. The molecule has 2 saturated heterocycles. The maximum atomic E-state index is 6.12. The molecule has 0 aromatic carbocycles. The largest absolute Gasteiger partial charge is 0.371 e. The summed E-state index contributed by atoms with van der Waals surface area (Å²) in [5.41, 5.74) is 0.289. The van der Waals surface area contributed by atoms with Crippen molar-refractivity contribution in [2.45, 2.75) is 56.5 Å². The molecule has 4 fully saturated rings. The highest BCUT2D eigenvalue weighted by Gasteiger charge is 2.63. The fourth-order valence-corrected chi connectivity index (χ4v) is 3.53. The van der Waals surface area contributed by atoms with Gasteiger partial charge in [-0.05, 0) is 38.5 Å². The van der Waals surface area contributed by atoms with Crippen LogP contribution in [0.25, 0.3) is 0 Å². The molecular weight excluding hydrogens is 164 g/mol. The molecule has 0 amide bonds. The zero-order valence-electron chi connectivity index (χ0n) is 8.03. The van der Waals surface area contributed by atoms with E-state index in [1.54, 1.807) is 0 Å². The maximum Gasteiger partial charge on any atom is 0.0894 e. The van der Waals surface area contributed by atoms with Gasteiger partial charge >= 0.3 is 0 Å². The first-order chi connectivity index (χ1) is 6.26. The summed E-state index contributed by atoms with van der Waals surface area (Å²) in [6.07, 6.45) is 7.02. The summed E-state index contributed by atoms with van der Waals surface area (Å²) in [5.74, 6) is 1.63. The molecule has 0 aromatic heterocycles. The first kappa shape index (κ1) is 7.24. The SMILES string of the molecule is CC12CC1CC(C1CCC3OC31)O2. The number of hydrogen-bond donors (Lipinski definition) is 0. The van der Waals surface area contributed by atoms with Gasteiger partial charge in [0.15, 0.2) is 0 Å². The zero-order valence-corrected chi connectivity index (χ0v) is 8.03.